The van der Waals surface area contributed by atoms with Crippen LogP contribution in [-0.4, -0.2) is 29.9 Å². The fraction of sp³-hybridized carbons (Fsp3) is 0.360. The predicted molar refractivity (Wildman–Crippen MR) is 117 cm³/mol. The van der Waals surface area contributed by atoms with Gasteiger partial charge in [0.25, 0.3) is 0 Å². The summed E-state index contributed by atoms with van der Waals surface area (Å²) in [6.45, 7) is 3.52. The van der Waals surface area contributed by atoms with Crippen LogP contribution in [0.4, 0.5) is 5.69 Å². The van der Waals surface area contributed by atoms with Crippen molar-refractivity contribution in [3.05, 3.63) is 71.8 Å². The number of aliphatic hydroxyl groups is 1. The fourth-order valence-corrected chi connectivity index (χ4v) is 4.17. The van der Waals surface area contributed by atoms with Gasteiger partial charge in [-0.1, -0.05) is 74.9 Å². The maximum Gasteiger partial charge on any atom is 0.231 e. The predicted octanol–water partition coefficient (Wildman–Crippen LogP) is 4.47. The second kappa shape index (κ2) is 9.66. The summed E-state index contributed by atoms with van der Waals surface area (Å²) in [5.74, 6) is -0.500. The van der Waals surface area contributed by atoms with E-state index in [-0.39, 0.29) is 30.1 Å². The van der Waals surface area contributed by atoms with E-state index in [4.69, 9.17) is 0 Å². The molecule has 0 fully saturated rings. The number of carbonyl (C=O) groups is 2. The van der Waals surface area contributed by atoms with Gasteiger partial charge in [0.2, 0.25) is 5.91 Å². The van der Waals surface area contributed by atoms with E-state index in [9.17, 15) is 14.7 Å². The Hall–Kier alpha value is -2.72. The van der Waals surface area contributed by atoms with Gasteiger partial charge < -0.3 is 10.0 Å². The molecule has 0 spiro atoms. The number of fused-ring (bicyclic) bond motifs is 1. The van der Waals surface area contributed by atoms with Crippen molar-refractivity contribution in [1.29, 1.82) is 0 Å². The van der Waals surface area contributed by atoms with Crippen LogP contribution < -0.4 is 4.90 Å². The van der Waals surface area contributed by atoms with E-state index in [1.165, 1.54) is 0 Å². The Balaban J connectivity index is 2.24. The number of nitrogens with zero attached hydrogens (tertiary/aromatic N) is 1. The molecular formula is C25H29NO3. The van der Waals surface area contributed by atoms with Gasteiger partial charge in [-0.05, 0) is 36.0 Å². The largest absolute Gasteiger partial charge is 0.389 e. The van der Waals surface area contributed by atoms with Gasteiger partial charge in [-0.2, -0.15) is 0 Å². The molecule has 1 heterocycles. The number of anilines is 1. The van der Waals surface area contributed by atoms with Gasteiger partial charge in [0.05, 0.1) is 12.2 Å². The van der Waals surface area contributed by atoms with Crippen molar-refractivity contribution in [2.45, 2.75) is 33.1 Å². The standard InChI is InChI=1S/C25H29NO3/c1-3-10-21-18(4-2)15-23(19-11-6-5-7-12-19)22-13-8-9-14-24(22)26(25(21)29)16-20(28)17-27/h5-9,11-15,18,21,27H,3-4,10,16-17H2,1-2H3/b23-15-. The minimum absolute atomic E-state index is 0.0312. The molecule has 3 rings (SSSR count). The maximum absolute atomic E-state index is 13.6. The molecule has 1 aliphatic heterocycles. The number of carbonyl (C=O) groups excluding carboxylic acids is 2. The average molecular weight is 392 g/mol. The van der Waals surface area contributed by atoms with Crippen LogP contribution in [0.3, 0.4) is 0 Å². The van der Waals surface area contributed by atoms with E-state index in [1.807, 2.05) is 42.5 Å². The Kier molecular flexibility index (Phi) is 6.99. The van der Waals surface area contributed by atoms with Gasteiger partial charge in [-0.25, -0.2) is 0 Å². The van der Waals surface area contributed by atoms with Crippen LogP contribution in [0.2, 0.25) is 0 Å². The molecule has 2 unspecified atom stereocenters. The molecule has 0 aromatic heterocycles. The summed E-state index contributed by atoms with van der Waals surface area (Å²) in [4.78, 5) is 27.3. The average Bonchev–Trinajstić information content (AvgIpc) is 2.76. The van der Waals surface area contributed by atoms with Crippen molar-refractivity contribution in [1.82, 2.24) is 0 Å². The zero-order valence-corrected chi connectivity index (χ0v) is 17.2. The first-order chi connectivity index (χ1) is 14.1. The lowest BCUT2D eigenvalue weighted by Gasteiger charge is -2.34. The van der Waals surface area contributed by atoms with Crippen LogP contribution in [-0.2, 0) is 9.59 Å². The number of benzene rings is 2. The van der Waals surface area contributed by atoms with E-state index in [2.05, 4.69) is 32.1 Å². The second-order valence-corrected chi connectivity index (χ2v) is 7.55. The van der Waals surface area contributed by atoms with Crippen LogP contribution in [0.25, 0.3) is 5.57 Å². The number of hydrogen-bond donors (Lipinski definition) is 1. The monoisotopic (exact) mass is 391 g/mol. The highest BCUT2D eigenvalue weighted by atomic mass is 16.3. The Labute approximate surface area is 172 Å². The third-order valence-electron chi connectivity index (χ3n) is 5.63. The molecule has 152 valence electrons. The van der Waals surface area contributed by atoms with E-state index in [0.29, 0.717) is 0 Å². The van der Waals surface area contributed by atoms with Crippen molar-refractivity contribution in [2.24, 2.45) is 11.8 Å². The first-order valence-corrected chi connectivity index (χ1v) is 10.4. The second-order valence-electron chi connectivity index (χ2n) is 7.55. The highest BCUT2D eigenvalue weighted by Crippen LogP contribution is 2.39. The number of hydrogen-bond acceptors (Lipinski definition) is 3. The topological polar surface area (TPSA) is 57.6 Å². The first-order valence-electron chi connectivity index (χ1n) is 10.4. The van der Waals surface area contributed by atoms with Gasteiger partial charge in [-0.3, -0.25) is 9.59 Å². The minimum Gasteiger partial charge on any atom is -0.389 e. The summed E-state index contributed by atoms with van der Waals surface area (Å²) in [5, 5.41) is 9.32. The van der Waals surface area contributed by atoms with Crippen molar-refractivity contribution in [3.8, 4) is 0 Å². The van der Waals surface area contributed by atoms with Gasteiger partial charge >= 0.3 is 0 Å². The van der Waals surface area contributed by atoms with E-state index < -0.39 is 6.61 Å². The highest BCUT2D eigenvalue weighted by molar-refractivity contribution is 6.04. The van der Waals surface area contributed by atoms with Crippen LogP contribution in [0, 0.1) is 11.8 Å². The zero-order valence-electron chi connectivity index (χ0n) is 17.2. The lowest BCUT2D eigenvalue weighted by molar-refractivity contribution is -0.127. The number of rotatable bonds is 7. The van der Waals surface area contributed by atoms with Gasteiger partial charge in [0, 0.05) is 11.5 Å². The normalized spacial score (nSPS) is 21.0. The number of ketones is 1. The maximum atomic E-state index is 13.6. The summed E-state index contributed by atoms with van der Waals surface area (Å²) in [7, 11) is 0. The number of amides is 1. The molecule has 2 aromatic rings. The lowest BCUT2D eigenvalue weighted by Crippen LogP contribution is -2.43. The van der Waals surface area contributed by atoms with Crippen LogP contribution in [0.5, 0.6) is 0 Å². The molecule has 2 aromatic carbocycles. The van der Waals surface area contributed by atoms with Crippen molar-refractivity contribution < 1.29 is 14.7 Å². The quantitative estimate of drug-likeness (QED) is 0.758. The summed E-state index contributed by atoms with van der Waals surface area (Å²) in [6.07, 6.45) is 4.75. The van der Waals surface area contributed by atoms with Crippen molar-refractivity contribution in [2.75, 3.05) is 18.1 Å². The molecule has 2 atom stereocenters. The van der Waals surface area contributed by atoms with Crippen LogP contribution in [0.15, 0.2) is 60.7 Å². The summed E-state index contributed by atoms with van der Waals surface area (Å²) < 4.78 is 0. The van der Waals surface area contributed by atoms with Crippen molar-refractivity contribution >= 4 is 23.0 Å². The molecule has 4 heteroatoms. The van der Waals surface area contributed by atoms with Gasteiger partial charge in [0.1, 0.15) is 6.61 Å². The van der Waals surface area contributed by atoms with E-state index >= 15 is 0 Å². The summed E-state index contributed by atoms with van der Waals surface area (Å²) >= 11 is 0. The molecule has 0 bridgehead atoms. The number of para-hydroxylation sites is 1. The zero-order chi connectivity index (χ0) is 20.8. The van der Waals surface area contributed by atoms with E-state index in [1.54, 1.807) is 4.90 Å². The lowest BCUT2D eigenvalue weighted by atomic mass is 9.80. The molecule has 0 radical (unpaired) electrons. The first kappa shape index (κ1) is 21.0. The Morgan fingerprint density at radius 1 is 1.03 bits per heavy atom. The number of Topliss-reactive ketones (excluding diaryl/α,β-unsaturated/α-hetero) is 1. The van der Waals surface area contributed by atoms with Crippen LogP contribution in [0.1, 0.15) is 44.2 Å². The van der Waals surface area contributed by atoms with Crippen LogP contribution >= 0.6 is 0 Å². The summed E-state index contributed by atoms with van der Waals surface area (Å²) in [5.41, 5.74) is 3.84. The molecule has 0 aliphatic carbocycles. The van der Waals surface area contributed by atoms with E-state index in [0.717, 1.165) is 41.6 Å². The molecule has 0 saturated carbocycles. The minimum atomic E-state index is -0.566. The number of allylic oxidation sites excluding steroid dienone is 1. The van der Waals surface area contributed by atoms with Crippen molar-refractivity contribution in [3.63, 3.8) is 0 Å². The molecule has 1 amide bonds. The van der Waals surface area contributed by atoms with Gasteiger partial charge in [-0.15, -0.1) is 0 Å². The smallest absolute Gasteiger partial charge is 0.231 e. The molecule has 1 aliphatic rings. The Bertz CT molecular complexity index is 888. The molecule has 29 heavy (non-hydrogen) atoms. The SMILES string of the molecule is CCCC1C(=O)N(CC(=O)CO)c2ccccc2/C(c2ccccc2)=C\C1CC. The third kappa shape index (κ3) is 4.48. The fourth-order valence-electron chi connectivity index (χ4n) is 4.17. The highest BCUT2D eigenvalue weighted by Gasteiger charge is 2.34. The molecule has 4 nitrogen and oxygen atoms in total. The van der Waals surface area contributed by atoms with Gasteiger partial charge in [0.15, 0.2) is 5.78 Å². The molecule has 1 N–H and O–H groups in total. The third-order valence-corrected chi connectivity index (χ3v) is 5.63. The Morgan fingerprint density at radius 2 is 1.72 bits per heavy atom. The Morgan fingerprint density at radius 3 is 2.38 bits per heavy atom. The number of aliphatic hydroxyl groups excluding tert-OH is 1. The molecule has 0 saturated heterocycles. The molecular weight excluding hydrogens is 362 g/mol. The summed E-state index contributed by atoms with van der Waals surface area (Å²) in [6, 6.07) is 17.9.